The summed E-state index contributed by atoms with van der Waals surface area (Å²) in [5, 5.41) is 8.74. The van der Waals surface area contributed by atoms with Crippen LogP contribution < -0.4 is 16.0 Å². The Morgan fingerprint density at radius 3 is 2.82 bits per heavy atom. The zero-order valence-electron chi connectivity index (χ0n) is 12.4. The van der Waals surface area contributed by atoms with Crippen molar-refractivity contribution < 1.29 is 10.1 Å². The van der Waals surface area contributed by atoms with Crippen LogP contribution in [-0.2, 0) is 0 Å². The van der Waals surface area contributed by atoms with Crippen molar-refractivity contribution in [2.45, 2.75) is 12.8 Å². The lowest BCUT2D eigenvalue weighted by Crippen LogP contribution is -2.86. The third-order valence-corrected chi connectivity index (χ3v) is 4.86. The standard InChI is InChI=1S/C16H20N4OS/c21-15(18-10-12-6-8-17-9-7-12)20-16-19-11-14(22-16)13-4-2-1-3-5-13/h1-5,11-12,17H,6-10H2,(H2,18,19,20,21)/p+1. The fraction of sp³-hybridized carbons (Fsp3) is 0.375. The van der Waals surface area contributed by atoms with Crippen molar-refractivity contribution in [1.82, 2.24) is 10.3 Å². The number of aromatic nitrogens is 1. The minimum absolute atomic E-state index is 0.163. The summed E-state index contributed by atoms with van der Waals surface area (Å²) in [5.74, 6) is 0.604. The van der Waals surface area contributed by atoms with Gasteiger partial charge in [0.05, 0.1) is 18.0 Å². The number of nitrogens with zero attached hydrogens (tertiary/aromatic N) is 1. The van der Waals surface area contributed by atoms with Gasteiger partial charge in [0.25, 0.3) is 0 Å². The number of quaternary nitrogens is 1. The molecule has 0 radical (unpaired) electrons. The van der Waals surface area contributed by atoms with Crippen molar-refractivity contribution in [1.29, 1.82) is 0 Å². The van der Waals surface area contributed by atoms with E-state index in [2.05, 4.69) is 20.9 Å². The van der Waals surface area contributed by atoms with E-state index in [1.54, 1.807) is 6.20 Å². The zero-order chi connectivity index (χ0) is 15.2. The molecule has 22 heavy (non-hydrogen) atoms. The number of anilines is 1. The smallest absolute Gasteiger partial charge is 0.321 e. The number of carbonyl (C=O) groups excluding carboxylic acids is 1. The van der Waals surface area contributed by atoms with Gasteiger partial charge in [-0.1, -0.05) is 41.7 Å². The monoisotopic (exact) mass is 317 g/mol. The van der Waals surface area contributed by atoms with Crippen LogP contribution >= 0.6 is 11.3 Å². The molecule has 6 heteroatoms. The Morgan fingerprint density at radius 1 is 1.27 bits per heavy atom. The normalized spacial score (nSPS) is 15.5. The second kappa shape index (κ2) is 7.38. The van der Waals surface area contributed by atoms with Gasteiger partial charge in [0, 0.05) is 25.6 Å². The van der Waals surface area contributed by atoms with Crippen LogP contribution in [0.4, 0.5) is 9.93 Å². The minimum Gasteiger partial charge on any atom is -0.346 e. The van der Waals surface area contributed by atoms with E-state index in [1.165, 1.54) is 37.3 Å². The van der Waals surface area contributed by atoms with Gasteiger partial charge in [-0.25, -0.2) is 9.78 Å². The average molecular weight is 317 g/mol. The number of hydrogen-bond donors (Lipinski definition) is 3. The number of amides is 2. The third-order valence-electron chi connectivity index (χ3n) is 3.89. The van der Waals surface area contributed by atoms with Gasteiger partial charge >= 0.3 is 6.03 Å². The van der Waals surface area contributed by atoms with Crippen LogP contribution in [0.2, 0.25) is 0 Å². The van der Waals surface area contributed by atoms with Crippen molar-refractivity contribution in [3.63, 3.8) is 0 Å². The molecule has 1 aliphatic heterocycles. The molecule has 2 heterocycles. The maximum Gasteiger partial charge on any atom is 0.321 e. The number of carbonyl (C=O) groups is 1. The minimum atomic E-state index is -0.163. The van der Waals surface area contributed by atoms with Gasteiger partial charge in [-0.2, -0.15) is 0 Å². The van der Waals surface area contributed by atoms with Crippen LogP contribution in [0.3, 0.4) is 0 Å². The molecule has 1 saturated heterocycles. The largest absolute Gasteiger partial charge is 0.346 e. The van der Waals surface area contributed by atoms with Crippen LogP contribution in [0.25, 0.3) is 10.4 Å². The first kappa shape index (κ1) is 15.0. The number of hydrogen-bond acceptors (Lipinski definition) is 3. The van der Waals surface area contributed by atoms with E-state index in [0.29, 0.717) is 11.0 Å². The summed E-state index contributed by atoms with van der Waals surface area (Å²) in [6, 6.07) is 9.89. The van der Waals surface area contributed by atoms with Gasteiger partial charge < -0.3 is 10.6 Å². The van der Waals surface area contributed by atoms with Crippen LogP contribution in [-0.4, -0.2) is 30.6 Å². The number of benzene rings is 1. The zero-order valence-corrected chi connectivity index (χ0v) is 13.2. The average Bonchev–Trinajstić information content (AvgIpc) is 3.03. The highest BCUT2D eigenvalue weighted by molar-refractivity contribution is 7.19. The molecule has 2 aromatic rings. The molecule has 5 nitrogen and oxygen atoms in total. The van der Waals surface area contributed by atoms with E-state index in [-0.39, 0.29) is 6.03 Å². The van der Waals surface area contributed by atoms with Gasteiger partial charge in [-0.15, -0.1) is 0 Å². The summed E-state index contributed by atoms with van der Waals surface area (Å²) < 4.78 is 0. The van der Waals surface area contributed by atoms with E-state index < -0.39 is 0 Å². The van der Waals surface area contributed by atoms with Crippen molar-refractivity contribution >= 4 is 22.5 Å². The summed E-state index contributed by atoms with van der Waals surface area (Å²) in [6.45, 7) is 3.08. The Kier molecular flexibility index (Phi) is 5.03. The molecule has 1 aromatic heterocycles. The Morgan fingerprint density at radius 2 is 2.05 bits per heavy atom. The van der Waals surface area contributed by atoms with E-state index in [9.17, 15) is 4.79 Å². The molecular formula is C16H21N4OS+. The van der Waals surface area contributed by atoms with Crippen LogP contribution in [0, 0.1) is 5.92 Å². The highest BCUT2D eigenvalue weighted by Crippen LogP contribution is 2.28. The van der Waals surface area contributed by atoms with E-state index in [1.807, 2.05) is 30.3 Å². The van der Waals surface area contributed by atoms with Crippen molar-refractivity contribution in [3.05, 3.63) is 36.5 Å². The predicted molar refractivity (Wildman–Crippen MR) is 89.0 cm³/mol. The van der Waals surface area contributed by atoms with E-state index >= 15 is 0 Å². The molecule has 0 spiro atoms. The molecule has 3 rings (SSSR count). The van der Waals surface area contributed by atoms with Crippen molar-refractivity contribution in [2.24, 2.45) is 5.92 Å². The number of nitrogens with two attached hydrogens (primary N) is 1. The van der Waals surface area contributed by atoms with Crippen LogP contribution in [0.15, 0.2) is 36.5 Å². The van der Waals surface area contributed by atoms with Gasteiger partial charge in [0.15, 0.2) is 5.13 Å². The molecule has 0 bridgehead atoms. The summed E-state index contributed by atoms with van der Waals surface area (Å²) in [6.07, 6.45) is 4.15. The second-order valence-electron chi connectivity index (χ2n) is 5.54. The lowest BCUT2D eigenvalue weighted by Gasteiger charge is -2.20. The maximum absolute atomic E-state index is 11.9. The predicted octanol–water partition coefficient (Wildman–Crippen LogP) is 1.91. The first-order chi connectivity index (χ1) is 10.8. The molecule has 0 aliphatic carbocycles. The Hall–Kier alpha value is -1.92. The van der Waals surface area contributed by atoms with Crippen LogP contribution in [0.1, 0.15) is 12.8 Å². The number of piperidine rings is 1. The molecule has 2 amide bonds. The Bertz CT molecular complexity index is 608. The molecule has 1 fully saturated rings. The summed E-state index contributed by atoms with van der Waals surface area (Å²) in [4.78, 5) is 17.3. The molecule has 0 unspecified atom stereocenters. The molecule has 0 atom stereocenters. The number of thiazole rings is 1. The number of nitrogens with one attached hydrogen (secondary N) is 2. The third kappa shape index (κ3) is 4.05. The first-order valence-corrected chi connectivity index (χ1v) is 8.50. The summed E-state index contributed by atoms with van der Waals surface area (Å²) in [7, 11) is 0. The van der Waals surface area contributed by atoms with Gasteiger partial charge in [0.2, 0.25) is 0 Å². The molecule has 1 aliphatic rings. The lowest BCUT2D eigenvalue weighted by atomic mass is 9.98. The lowest BCUT2D eigenvalue weighted by molar-refractivity contribution is -0.664. The highest BCUT2D eigenvalue weighted by Gasteiger charge is 2.16. The van der Waals surface area contributed by atoms with Gasteiger partial charge in [-0.05, 0) is 11.5 Å². The second-order valence-corrected chi connectivity index (χ2v) is 6.57. The molecule has 0 saturated carbocycles. The van der Waals surface area contributed by atoms with E-state index in [0.717, 1.165) is 17.0 Å². The molecule has 116 valence electrons. The molecular weight excluding hydrogens is 296 g/mol. The summed E-state index contributed by atoms with van der Waals surface area (Å²) >= 11 is 1.49. The fourth-order valence-electron chi connectivity index (χ4n) is 2.65. The topological polar surface area (TPSA) is 70.6 Å². The van der Waals surface area contributed by atoms with Gasteiger partial charge in [0.1, 0.15) is 0 Å². The van der Waals surface area contributed by atoms with Crippen molar-refractivity contribution in [2.75, 3.05) is 25.0 Å². The van der Waals surface area contributed by atoms with Crippen LogP contribution in [0.5, 0.6) is 0 Å². The maximum atomic E-state index is 11.9. The number of rotatable bonds is 4. The van der Waals surface area contributed by atoms with Gasteiger partial charge in [-0.3, -0.25) is 5.32 Å². The van der Waals surface area contributed by atoms with E-state index in [4.69, 9.17) is 0 Å². The first-order valence-electron chi connectivity index (χ1n) is 7.69. The quantitative estimate of drug-likeness (QED) is 0.806. The molecule has 4 N–H and O–H groups in total. The highest BCUT2D eigenvalue weighted by atomic mass is 32.1. The SMILES string of the molecule is O=C(NCC1CC[NH2+]CC1)Nc1ncc(-c2ccccc2)s1. The fourth-order valence-corrected chi connectivity index (χ4v) is 3.46. The summed E-state index contributed by atoms with van der Waals surface area (Å²) in [5.41, 5.74) is 1.12. The van der Waals surface area contributed by atoms with Crippen molar-refractivity contribution in [3.8, 4) is 10.4 Å². The number of urea groups is 1. The Labute approximate surface area is 134 Å². The Balaban J connectivity index is 1.50. The molecule has 1 aromatic carbocycles.